The number of benzene rings is 1. The monoisotopic (exact) mass is 438 g/mol. The van der Waals surface area contributed by atoms with Crippen LogP contribution in [-0.2, 0) is 22.6 Å². The molecule has 174 valence electrons. The summed E-state index contributed by atoms with van der Waals surface area (Å²) in [6, 6.07) is 8.61. The number of aryl methyl sites for hydroxylation is 1. The lowest BCUT2D eigenvalue weighted by atomic mass is 10.0. The Morgan fingerprint density at radius 3 is 2.44 bits per heavy atom. The highest BCUT2D eigenvalue weighted by Gasteiger charge is 2.27. The molecule has 1 aromatic heterocycles. The van der Waals surface area contributed by atoms with Crippen molar-refractivity contribution >= 4 is 11.7 Å². The van der Waals surface area contributed by atoms with Crippen LogP contribution in [0.15, 0.2) is 24.3 Å². The first-order valence-corrected chi connectivity index (χ1v) is 11.8. The van der Waals surface area contributed by atoms with E-state index < -0.39 is 0 Å². The highest BCUT2D eigenvalue weighted by Crippen LogP contribution is 2.29. The van der Waals surface area contributed by atoms with Crippen LogP contribution in [-0.4, -0.2) is 54.1 Å². The molecule has 1 amide bonds. The molecule has 1 atom stereocenters. The molecule has 1 aliphatic heterocycles. The summed E-state index contributed by atoms with van der Waals surface area (Å²) in [5, 5.41) is 0. The molecule has 32 heavy (non-hydrogen) atoms. The lowest BCUT2D eigenvalue weighted by molar-refractivity contribution is -0.134. The number of methoxy groups -OCH3 is 1. The molecule has 0 spiro atoms. The van der Waals surface area contributed by atoms with Gasteiger partial charge in [0.2, 0.25) is 5.91 Å². The van der Waals surface area contributed by atoms with Crippen molar-refractivity contribution in [3.63, 3.8) is 0 Å². The number of rotatable bonds is 8. The second-order valence-corrected chi connectivity index (χ2v) is 9.21. The summed E-state index contributed by atoms with van der Waals surface area (Å²) < 4.78 is 5.55. The fourth-order valence-electron chi connectivity index (χ4n) is 4.17. The van der Waals surface area contributed by atoms with Crippen LogP contribution < -0.4 is 4.90 Å². The van der Waals surface area contributed by atoms with Crippen molar-refractivity contribution in [3.8, 4) is 0 Å². The molecule has 3 rings (SSSR count). The van der Waals surface area contributed by atoms with Crippen molar-refractivity contribution in [3.05, 3.63) is 52.5 Å². The van der Waals surface area contributed by atoms with Gasteiger partial charge in [-0.05, 0) is 18.9 Å². The van der Waals surface area contributed by atoms with Crippen LogP contribution in [0.4, 0.5) is 5.82 Å². The van der Waals surface area contributed by atoms with Crippen molar-refractivity contribution in [1.82, 2.24) is 14.9 Å². The molecular formula is C26H38N4O2. The van der Waals surface area contributed by atoms with Crippen molar-refractivity contribution in [2.75, 3.05) is 38.2 Å². The molecular weight excluding hydrogens is 400 g/mol. The standard InChI is InChI=1S/C26H38N4O2/c1-7-20(5)24-27-23(17-32-6)22(16-21-10-8-9-19(4)15-21)25(28-24)29-11-13-30(14-12-29)26(31)18(2)3/h8-10,15,18,20H,7,11-14,16-17H2,1-6H3/t20-/m0/s1. The first-order chi connectivity index (χ1) is 15.3. The topological polar surface area (TPSA) is 58.6 Å². The summed E-state index contributed by atoms with van der Waals surface area (Å²) in [6.45, 7) is 13.9. The Balaban J connectivity index is 1.99. The fraction of sp³-hybridized carbons (Fsp3) is 0.577. The van der Waals surface area contributed by atoms with E-state index in [9.17, 15) is 4.79 Å². The molecule has 6 nitrogen and oxygen atoms in total. The summed E-state index contributed by atoms with van der Waals surface area (Å²) >= 11 is 0. The molecule has 0 unspecified atom stereocenters. The zero-order valence-corrected chi connectivity index (χ0v) is 20.5. The van der Waals surface area contributed by atoms with Gasteiger partial charge in [-0.15, -0.1) is 0 Å². The molecule has 2 aromatic rings. The maximum absolute atomic E-state index is 12.5. The first-order valence-electron chi connectivity index (χ1n) is 11.8. The van der Waals surface area contributed by atoms with E-state index in [4.69, 9.17) is 14.7 Å². The number of carbonyl (C=O) groups excluding carboxylic acids is 1. The van der Waals surface area contributed by atoms with E-state index in [1.54, 1.807) is 7.11 Å². The Kier molecular flexibility index (Phi) is 8.24. The second-order valence-electron chi connectivity index (χ2n) is 9.21. The maximum atomic E-state index is 12.5. The van der Waals surface area contributed by atoms with Gasteiger partial charge < -0.3 is 14.5 Å². The van der Waals surface area contributed by atoms with Crippen molar-refractivity contribution < 1.29 is 9.53 Å². The van der Waals surface area contributed by atoms with E-state index in [0.717, 1.165) is 61.9 Å². The largest absolute Gasteiger partial charge is 0.378 e. The number of aromatic nitrogens is 2. The van der Waals surface area contributed by atoms with Crippen molar-refractivity contribution in [2.24, 2.45) is 5.92 Å². The SMILES string of the molecule is CC[C@H](C)c1nc(COC)c(Cc2cccc(C)c2)c(N2CCN(C(=O)C(C)C)CC2)n1. The quantitative estimate of drug-likeness (QED) is 0.614. The summed E-state index contributed by atoms with van der Waals surface area (Å²) in [5.41, 5.74) is 4.59. The average molecular weight is 439 g/mol. The molecule has 0 saturated carbocycles. The van der Waals surface area contributed by atoms with Crippen LogP contribution in [0.25, 0.3) is 0 Å². The molecule has 0 bridgehead atoms. The van der Waals surface area contributed by atoms with Gasteiger partial charge in [-0.25, -0.2) is 9.97 Å². The highest BCUT2D eigenvalue weighted by atomic mass is 16.5. The first kappa shape index (κ1) is 24.2. The highest BCUT2D eigenvalue weighted by molar-refractivity contribution is 5.78. The van der Waals surface area contributed by atoms with Crippen LogP contribution in [0.2, 0.25) is 0 Å². The molecule has 1 aromatic carbocycles. The van der Waals surface area contributed by atoms with Crippen LogP contribution in [0, 0.1) is 12.8 Å². The summed E-state index contributed by atoms with van der Waals surface area (Å²) in [4.78, 5) is 26.8. The van der Waals surface area contributed by atoms with Crippen LogP contribution in [0.5, 0.6) is 0 Å². The van der Waals surface area contributed by atoms with E-state index in [0.29, 0.717) is 6.61 Å². The molecule has 0 radical (unpaired) electrons. The number of anilines is 1. The zero-order chi connectivity index (χ0) is 23.3. The zero-order valence-electron chi connectivity index (χ0n) is 20.5. The molecule has 2 heterocycles. The molecule has 1 saturated heterocycles. The third-order valence-corrected chi connectivity index (χ3v) is 6.27. The molecule has 6 heteroatoms. The smallest absolute Gasteiger partial charge is 0.225 e. The molecule has 1 fully saturated rings. The van der Waals surface area contributed by atoms with Crippen LogP contribution in [0.3, 0.4) is 0 Å². The summed E-state index contributed by atoms with van der Waals surface area (Å²) in [5.74, 6) is 2.42. The minimum atomic E-state index is 0.0304. The Labute approximate surface area is 193 Å². The van der Waals surface area contributed by atoms with Gasteiger partial charge in [0, 0.05) is 57.1 Å². The molecule has 1 aliphatic rings. The maximum Gasteiger partial charge on any atom is 0.225 e. The molecule has 0 N–H and O–H groups in total. The van der Waals surface area contributed by atoms with E-state index in [2.05, 4.69) is 49.9 Å². The van der Waals surface area contributed by atoms with Crippen molar-refractivity contribution in [2.45, 2.75) is 60.0 Å². The van der Waals surface area contributed by atoms with Crippen LogP contribution in [0.1, 0.15) is 68.2 Å². The number of nitrogens with zero attached hydrogens (tertiary/aromatic N) is 4. The lowest BCUT2D eigenvalue weighted by Crippen LogP contribution is -2.50. The number of piperazine rings is 1. The minimum Gasteiger partial charge on any atom is -0.378 e. The van der Waals surface area contributed by atoms with Gasteiger partial charge in [0.15, 0.2) is 0 Å². The van der Waals surface area contributed by atoms with Gasteiger partial charge in [-0.2, -0.15) is 0 Å². The van der Waals surface area contributed by atoms with Gasteiger partial charge in [-0.3, -0.25) is 4.79 Å². The third-order valence-electron chi connectivity index (χ3n) is 6.27. The van der Waals surface area contributed by atoms with Crippen LogP contribution >= 0.6 is 0 Å². The van der Waals surface area contributed by atoms with E-state index >= 15 is 0 Å². The van der Waals surface area contributed by atoms with Gasteiger partial charge in [0.25, 0.3) is 0 Å². The Bertz CT molecular complexity index is 920. The Hall–Kier alpha value is -2.47. The Morgan fingerprint density at radius 1 is 1.12 bits per heavy atom. The Morgan fingerprint density at radius 2 is 1.84 bits per heavy atom. The average Bonchev–Trinajstić information content (AvgIpc) is 2.79. The van der Waals surface area contributed by atoms with E-state index in [1.165, 1.54) is 11.1 Å². The number of amides is 1. The predicted molar refractivity (Wildman–Crippen MR) is 129 cm³/mol. The molecule has 0 aliphatic carbocycles. The lowest BCUT2D eigenvalue weighted by Gasteiger charge is -2.37. The number of hydrogen-bond acceptors (Lipinski definition) is 5. The third kappa shape index (κ3) is 5.66. The minimum absolute atomic E-state index is 0.0304. The number of ether oxygens (including phenoxy) is 1. The van der Waals surface area contributed by atoms with E-state index in [1.807, 2.05) is 18.7 Å². The number of hydrogen-bond donors (Lipinski definition) is 0. The van der Waals surface area contributed by atoms with Crippen molar-refractivity contribution in [1.29, 1.82) is 0 Å². The number of carbonyl (C=O) groups is 1. The summed E-state index contributed by atoms with van der Waals surface area (Å²) in [7, 11) is 1.72. The fourth-order valence-corrected chi connectivity index (χ4v) is 4.17. The predicted octanol–water partition coefficient (Wildman–Crippen LogP) is 4.34. The van der Waals surface area contributed by atoms with Gasteiger partial charge in [0.05, 0.1) is 12.3 Å². The van der Waals surface area contributed by atoms with Gasteiger partial charge in [0.1, 0.15) is 11.6 Å². The van der Waals surface area contributed by atoms with E-state index in [-0.39, 0.29) is 17.7 Å². The van der Waals surface area contributed by atoms with Gasteiger partial charge >= 0.3 is 0 Å². The summed E-state index contributed by atoms with van der Waals surface area (Å²) in [6.07, 6.45) is 1.75. The van der Waals surface area contributed by atoms with Gasteiger partial charge in [-0.1, -0.05) is 57.5 Å². The normalized spacial score (nSPS) is 15.3. The second kappa shape index (κ2) is 10.9.